The normalized spacial score (nSPS) is 14.2. The third kappa shape index (κ3) is 2.74. The fourth-order valence-electron chi connectivity index (χ4n) is 3.57. The third-order valence-electron chi connectivity index (χ3n) is 4.74. The Hall–Kier alpha value is -2.53. The van der Waals surface area contributed by atoms with Crippen LogP contribution in [0.1, 0.15) is 29.9 Å². The van der Waals surface area contributed by atoms with Crippen molar-refractivity contribution in [2.75, 3.05) is 6.54 Å². The van der Waals surface area contributed by atoms with E-state index in [-0.39, 0.29) is 5.56 Å². The Balaban J connectivity index is 2.14. The molecule has 4 rings (SSSR count). The lowest BCUT2D eigenvalue weighted by Gasteiger charge is -2.18. The van der Waals surface area contributed by atoms with E-state index in [2.05, 4.69) is 0 Å². The second-order valence-electron chi connectivity index (χ2n) is 6.50. The summed E-state index contributed by atoms with van der Waals surface area (Å²) in [6.07, 6.45) is 3.80. The molecule has 2 N–H and O–H groups in total. The molecule has 0 unspecified atom stereocenters. The lowest BCUT2D eigenvalue weighted by Crippen LogP contribution is -2.22. The maximum Gasteiger partial charge on any atom is 0.263 e. The van der Waals surface area contributed by atoms with E-state index in [1.165, 1.54) is 28.8 Å². The summed E-state index contributed by atoms with van der Waals surface area (Å²) in [5, 5.41) is 0. The second-order valence-corrected chi connectivity index (χ2v) is 6.50. The van der Waals surface area contributed by atoms with Crippen LogP contribution in [0, 0.1) is 11.6 Å². The highest BCUT2D eigenvalue weighted by atomic mass is 19.1. The van der Waals surface area contributed by atoms with Gasteiger partial charge in [-0.3, -0.25) is 9.20 Å². The van der Waals surface area contributed by atoms with Crippen LogP contribution in [0.2, 0.25) is 0 Å². The van der Waals surface area contributed by atoms with Crippen molar-refractivity contribution < 1.29 is 8.78 Å². The molecule has 1 aliphatic carbocycles. The maximum atomic E-state index is 13.8. The SMILES string of the molecule is NCCc1c(-c2cccc(F)c2)c(=O)n2cc(F)ccc2c1C1CC1. The van der Waals surface area contributed by atoms with E-state index in [1.807, 2.05) is 0 Å². The molecule has 1 fully saturated rings. The first-order chi connectivity index (χ1) is 12.1. The van der Waals surface area contributed by atoms with Crippen LogP contribution in [0.25, 0.3) is 16.6 Å². The summed E-state index contributed by atoms with van der Waals surface area (Å²) in [5.41, 5.74) is 9.03. The van der Waals surface area contributed by atoms with Gasteiger partial charge in [0.05, 0.1) is 11.1 Å². The average molecular weight is 340 g/mol. The molecule has 3 aromatic rings. The van der Waals surface area contributed by atoms with Gasteiger partial charge in [-0.2, -0.15) is 0 Å². The Morgan fingerprint density at radius 3 is 2.60 bits per heavy atom. The summed E-state index contributed by atoms with van der Waals surface area (Å²) < 4.78 is 28.9. The number of rotatable bonds is 4. The Bertz CT molecular complexity index is 1020. The Morgan fingerprint density at radius 1 is 1.12 bits per heavy atom. The van der Waals surface area contributed by atoms with Crippen LogP contribution in [0.15, 0.2) is 47.4 Å². The zero-order valence-electron chi connectivity index (χ0n) is 13.6. The van der Waals surface area contributed by atoms with Crippen molar-refractivity contribution in [2.45, 2.75) is 25.2 Å². The molecule has 0 bridgehead atoms. The highest BCUT2D eigenvalue weighted by molar-refractivity contribution is 5.74. The molecular weight excluding hydrogens is 322 g/mol. The minimum atomic E-state index is -0.479. The zero-order chi connectivity index (χ0) is 17.6. The molecule has 2 heterocycles. The summed E-state index contributed by atoms with van der Waals surface area (Å²) in [4.78, 5) is 13.1. The molecule has 0 radical (unpaired) electrons. The van der Waals surface area contributed by atoms with Crippen LogP contribution < -0.4 is 11.3 Å². The molecule has 1 saturated carbocycles. The number of fused-ring (bicyclic) bond motifs is 1. The van der Waals surface area contributed by atoms with Gasteiger partial charge in [-0.1, -0.05) is 12.1 Å². The molecular formula is C20H18F2N2O. The fourth-order valence-corrected chi connectivity index (χ4v) is 3.57. The van der Waals surface area contributed by atoms with Crippen LogP contribution in [0.5, 0.6) is 0 Å². The number of hydrogen-bond donors (Lipinski definition) is 1. The third-order valence-corrected chi connectivity index (χ3v) is 4.74. The van der Waals surface area contributed by atoms with Gasteiger partial charge >= 0.3 is 0 Å². The minimum absolute atomic E-state index is 0.340. The van der Waals surface area contributed by atoms with E-state index in [9.17, 15) is 13.6 Å². The molecule has 128 valence electrons. The van der Waals surface area contributed by atoms with Gasteiger partial charge < -0.3 is 5.73 Å². The van der Waals surface area contributed by atoms with Gasteiger partial charge in [0.1, 0.15) is 11.6 Å². The molecule has 5 heteroatoms. The van der Waals surface area contributed by atoms with Gasteiger partial charge in [0.15, 0.2) is 0 Å². The number of pyridine rings is 2. The van der Waals surface area contributed by atoms with E-state index >= 15 is 0 Å². The van der Waals surface area contributed by atoms with E-state index in [1.54, 1.807) is 18.2 Å². The van der Waals surface area contributed by atoms with Gasteiger partial charge in [0, 0.05) is 6.20 Å². The predicted octanol–water partition coefficient (Wildman–Crippen LogP) is 3.62. The Morgan fingerprint density at radius 2 is 1.92 bits per heavy atom. The number of aromatic nitrogens is 1. The van der Waals surface area contributed by atoms with E-state index in [0.717, 1.165) is 29.5 Å². The highest BCUT2D eigenvalue weighted by Gasteiger charge is 2.31. The topological polar surface area (TPSA) is 47.5 Å². The second kappa shape index (κ2) is 6.08. The molecule has 0 amide bonds. The number of nitrogens with zero attached hydrogens (tertiary/aromatic N) is 1. The lowest BCUT2D eigenvalue weighted by molar-refractivity contribution is 0.617. The van der Waals surface area contributed by atoms with Gasteiger partial charge in [-0.25, -0.2) is 8.78 Å². The van der Waals surface area contributed by atoms with Crippen molar-refractivity contribution in [3.05, 3.63) is 75.7 Å². The van der Waals surface area contributed by atoms with Gasteiger partial charge in [-0.15, -0.1) is 0 Å². The van der Waals surface area contributed by atoms with Crippen LogP contribution >= 0.6 is 0 Å². The molecule has 3 nitrogen and oxygen atoms in total. The zero-order valence-corrected chi connectivity index (χ0v) is 13.6. The van der Waals surface area contributed by atoms with Crippen molar-refractivity contribution in [3.8, 4) is 11.1 Å². The standard InChI is InChI=1S/C20H18F2N2O/c21-14-3-1-2-13(10-14)19-16(8-9-23)18(12-4-5-12)17-7-6-15(22)11-24(17)20(19)25/h1-3,6-7,10-12H,4-5,8-9,23H2. The Labute approximate surface area is 143 Å². The smallest absolute Gasteiger partial charge is 0.263 e. The molecule has 0 atom stereocenters. The number of halogens is 2. The first-order valence-electron chi connectivity index (χ1n) is 8.43. The fraction of sp³-hybridized carbons (Fsp3) is 0.250. The largest absolute Gasteiger partial charge is 0.330 e. The molecule has 0 aliphatic heterocycles. The minimum Gasteiger partial charge on any atom is -0.330 e. The summed E-state index contributed by atoms with van der Waals surface area (Å²) in [6, 6.07) is 9.00. The van der Waals surface area contributed by atoms with Gasteiger partial charge in [0.25, 0.3) is 5.56 Å². The summed E-state index contributed by atoms with van der Waals surface area (Å²) in [7, 11) is 0. The van der Waals surface area contributed by atoms with Crippen molar-refractivity contribution in [1.29, 1.82) is 0 Å². The van der Waals surface area contributed by atoms with Crippen molar-refractivity contribution in [3.63, 3.8) is 0 Å². The molecule has 25 heavy (non-hydrogen) atoms. The summed E-state index contributed by atoms with van der Waals surface area (Å²) in [5.74, 6) is -0.545. The van der Waals surface area contributed by atoms with Crippen LogP contribution in [-0.2, 0) is 6.42 Å². The van der Waals surface area contributed by atoms with Crippen LogP contribution in [-0.4, -0.2) is 10.9 Å². The highest BCUT2D eigenvalue weighted by Crippen LogP contribution is 2.45. The molecule has 0 spiro atoms. The van der Waals surface area contributed by atoms with Crippen molar-refractivity contribution in [1.82, 2.24) is 4.40 Å². The molecule has 0 saturated heterocycles. The number of hydrogen-bond acceptors (Lipinski definition) is 2. The summed E-state index contributed by atoms with van der Waals surface area (Å²) >= 11 is 0. The first kappa shape index (κ1) is 16.0. The molecule has 2 aromatic heterocycles. The van der Waals surface area contributed by atoms with E-state index in [0.29, 0.717) is 30.0 Å². The van der Waals surface area contributed by atoms with Crippen LogP contribution in [0.3, 0.4) is 0 Å². The van der Waals surface area contributed by atoms with Crippen LogP contribution in [0.4, 0.5) is 8.78 Å². The van der Waals surface area contributed by atoms with Crippen molar-refractivity contribution >= 4 is 5.52 Å². The lowest BCUT2D eigenvalue weighted by atomic mass is 9.91. The first-order valence-corrected chi connectivity index (χ1v) is 8.43. The van der Waals surface area contributed by atoms with Crippen molar-refractivity contribution in [2.24, 2.45) is 5.73 Å². The van der Waals surface area contributed by atoms with Gasteiger partial charge in [0.2, 0.25) is 0 Å². The average Bonchev–Trinajstić information content (AvgIpc) is 3.41. The van der Waals surface area contributed by atoms with E-state index < -0.39 is 11.6 Å². The van der Waals surface area contributed by atoms with E-state index in [4.69, 9.17) is 5.73 Å². The van der Waals surface area contributed by atoms with Gasteiger partial charge in [-0.05, 0) is 72.7 Å². The molecule has 1 aliphatic rings. The Kier molecular flexibility index (Phi) is 3.88. The molecule has 1 aromatic carbocycles. The maximum absolute atomic E-state index is 13.8. The quantitative estimate of drug-likeness (QED) is 0.788. The monoisotopic (exact) mass is 340 g/mol. The number of benzene rings is 1. The summed E-state index contributed by atoms with van der Waals surface area (Å²) in [6.45, 7) is 0.388. The number of nitrogens with two attached hydrogens (primary N) is 1. The predicted molar refractivity (Wildman–Crippen MR) is 93.8 cm³/mol.